The van der Waals surface area contributed by atoms with E-state index in [1.807, 2.05) is 17.5 Å². The van der Waals surface area contributed by atoms with Gasteiger partial charge < -0.3 is 15.3 Å². The largest absolute Gasteiger partial charge is 0.492 e. The molecule has 0 bridgehead atoms. The highest BCUT2D eigenvalue weighted by Crippen LogP contribution is 2.27. The zero-order chi connectivity index (χ0) is 17.4. The van der Waals surface area contributed by atoms with Gasteiger partial charge in [0.25, 0.3) is 0 Å². The minimum Gasteiger partial charge on any atom is -0.492 e. The van der Waals surface area contributed by atoms with Crippen LogP contribution in [0.25, 0.3) is 0 Å². The fraction of sp³-hybridized carbons (Fsp3) is 0.250. The van der Waals surface area contributed by atoms with Crippen molar-refractivity contribution >= 4 is 46.3 Å². The molecule has 0 fully saturated rings. The minimum absolute atomic E-state index is 0.168. The van der Waals surface area contributed by atoms with E-state index in [4.69, 9.17) is 38.5 Å². The fourth-order valence-corrected chi connectivity index (χ4v) is 2.95. The van der Waals surface area contributed by atoms with E-state index in [2.05, 4.69) is 5.16 Å². The van der Waals surface area contributed by atoms with Crippen LogP contribution in [0.4, 0.5) is 0 Å². The lowest BCUT2D eigenvalue weighted by Gasteiger charge is -2.07. The zero-order valence-electron chi connectivity index (χ0n) is 12.7. The van der Waals surface area contributed by atoms with Crippen molar-refractivity contribution in [2.75, 3.05) is 6.61 Å². The van der Waals surface area contributed by atoms with Crippen molar-refractivity contribution in [1.82, 2.24) is 0 Å². The summed E-state index contributed by atoms with van der Waals surface area (Å²) in [6, 6.07) is 8.82. The van der Waals surface area contributed by atoms with E-state index in [0.29, 0.717) is 35.2 Å². The van der Waals surface area contributed by atoms with Crippen molar-refractivity contribution in [2.24, 2.45) is 10.9 Å². The Labute approximate surface area is 154 Å². The monoisotopic (exact) mass is 386 g/mol. The van der Waals surface area contributed by atoms with Gasteiger partial charge in [0, 0.05) is 16.3 Å². The molecule has 0 radical (unpaired) electrons. The maximum absolute atomic E-state index is 11.6. The van der Waals surface area contributed by atoms with E-state index in [1.165, 1.54) is 0 Å². The maximum atomic E-state index is 11.6. The molecule has 2 rings (SSSR count). The first kappa shape index (κ1) is 18.6. The van der Waals surface area contributed by atoms with Gasteiger partial charge in [-0.3, -0.25) is 0 Å². The molecule has 0 saturated carbocycles. The highest BCUT2D eigenvalue weighted by Gasteiger charge is 2.06. The standard InChI is InChI=1S/C16H16Cl2N2O3S/c17-11-5-6-14(13(18)9-11)22-7-1-4-16(21)23-20-15(19)10-12-3-2-8-24-12/h2-3,5-6,8-9H,1,4,7,10H2,(H2,19,20). The molecule has 1 aromatic carbocycles. The van der Waals surface area contributed by atoms with Gasteiger partial charge in [-0.05, 0) is 36.1 Å². The molecule has 0 unspecified atom stereocenters. The Morgan fingerprint density at radius 1 is 1.29 bits per heavy atom. The summed E-state index contributed by atoms with van der Waals surface area (Å²) in [5.41, 5.74) is 5.70. The second-order valence-corrected chi connectivity index (χ2v) is 6.70. The lowest BCUT2D eigenvalue weighted by Crippen LogP contribution is -2.16. The summed E-state index contributed by atoms with van der Waals surface area (Å²) in [4.78, 5) is 17.4. The number of rotatable bonds is 8. The second-order valence-electron chi connectivity index (χ2n) is 4.83. The summed E-state index contributed by atoms with van der Waals surface area (Å²) in [6.07, 6.45) is 1.10. The Hall–Kier alpha value is -1.76. The smallest absolute Gasteiger partial charge is 0.335 e. The summed E-state index contributed by atoms with van der Waals surface area (Å²) in [5.74, 6) is 0.317. The van der Waals surface area contributed by atoms with Gasteiger partial charge in [-0.2, -0.15) is 0 Å². The van der Waals surface area contributed by atoms with Gasteiger partial charge in [0.2, 0.25) is 0 Å². The molecule has 8 heteroatoms. The summed E-state index contributed by atoms with van der Waals surface area (Å²) in [6.45, 7) is 0.324. The Balaban J connectivity index is 1.66. The van der Waals surface area contributed by atoms with Crippen molar-refractivity contribution in [3.05, 3.63) is 50.6 Å². The SMILES string of the molecule is N/C(Cc1cccs1)=N/OC(=O)CCCOc1ccc(Cl)cc1Cl. The number of ether oxygens (including phenoxy) is 1. The first-order valence-corrected chi connectivity index (χ1v) is 8.80. The van der Waals surface area contributed by atoms with Crippen LogP contribution < -0.4 is 10.5 Å². The molecule has 1 heterocycles. The molecule has 24 heavy (non-hydrogen) atoms. The van der Waals surface area contributed by atoms with Gasteiger partial charge in [-0.25, -0.2) is 4.79 Å². The number of carbonyl (C=O) groups is 1. The summed E-state index contributed by atoms with van der Waals surface area (Å²) < 4.78 is 5.48. The first-order valence-electron chi connectivity index (χ1n) is 7.17. The third kappa shape index (κ3) is 6.39. The number of carbonyl (C=O) groups excluding carboxylic acids is 1. The van der Waals surface area contributed by atoms with Crippen molar-refractivity contribution < 1.29 is 14.4 Å². The zero-order valence-corrected chi connectivity index (χ0v) is 15.0. The van der Waals surface area contributed by atoms with Crippen LogP contribution >= 0.6 is 34.5 Å². The number of oxime groups is 1. The van der Waals surface area contributed by atoms with Crippen molar-refractivity contribution in [3.63, 3.8) is 0 Å². The van der Waals surface area contributed by atoms with Gasteiger partial charge in [0.05, 0.1) is 18.1 Å². The van der Waals surface area contributed by atoms with Crippen LogP contribution in [0.1, 0.15) is 17.7 Å². The predicted octanol–water partition coefficient (Wildman–Crippen LogP) is 4.27. The molecule has 2 aromatic rings. The number of thiophene rings is 1. The molecule has 5 nitrogen and oxygen atoms in total. The molecule has 2 N–H and O–H groups in total. The van der Waals surface area contributed by atoms with E-state index >= 15 is 0 Å². The van der Waals surface area contributed by atoms with Crippen LogP contribution in [-0.2, 0) is 16.1 Å². The molecule has 1 aromatic heterocycles. The van der Waals surface area contributed by atoms with Crippen molar-refractivity contribution in [3.8, 4) is 5.75 Å². The average molecular weight is 387 g/mol. The van der Waals surface area contributed by atoms with E-state index in [0.717, 1.165) is 4.88 Å². The quantitative estimate of drug-likeness (QED) is 0.241. The van der Waals surface area contributed by atoms with E-state index < -0.39 is 5.97 Å². The molecule has 0 spiro atoms. The number of hydrogen-bond donors (Lipinski definition) is 1. The molecule has 0 aliphatic heterocycles. The highest BCUT2D eigenvalue weighted by molar-refractivity contribution is 7.10. The van der Waals surface area contributed by atoms with Crippen LogP contribution in [-0.4, -0.2) is 18.4 Å². The lowest BCUT2D eigenvalue weighted by molar-refractivity contribution is -0.143. The van der Waals surface area contributed by atoms with Crippen LogP contribution in [0.3, 0.4) is 0 Å². The summed E-state index contributed by atoms with van der Waals surface area (Å²) >= 11 is 13.3. The van der Waals surface area contributed by atoms with Gasteiger partial charge in [0.1, 0.15) is 11.6 Å². The highest BCUT2D eigenvalue weighted by atomic mass is 35.5. The molecule has 0 aliphatic rings. The Bertz CT molecular complexity index is 705. The van der Waals surface area contributed by atoms with Gasteiger partial charge in [-0.1, -0.05) is 34.4 Å². The van der Waals surface area contributed by atoms with Gasteiger partial charge in [0.15, 0.2) is 0 Å². The molecule has 0 amide bonds. The van der Waals surface area contributed by atoms with Crippen LogP contribution in [0.5, 0.6) is 5.75 Å². The second kappa shape index (κ2) is 9.52. The molecule has 0 aliphatic carbocycles. The predicted molar refractivity (Wildman–Crippen MR) is 96.9 cm³/mol. The third-order valence-electron chi connectivity index (χ3n) is 2.88. The van der Waals surface area contributed by atoms with Gasteiger partial charge in [-0.15, -0.1) is 11.3 Å². The number of benzene rings is 1. The average Bonchev–Trinajstić information content (AvgIpc) is 3.04. The van der Waals surface area contributed by atoms with Crippen LogP contribution in [0, 0.1) is 0 Å². The topological polar surface area (TPSA) is 73.9 Å². The molecular weight excluding hydrogens is 371 g/mol. The molecule has 0 saturated heterocycles. The number of hydrogen-bond acceptors (Lipinski definition) is 5. The lowest BCUT2D eigenvalue weighted by atomic mass is 10.3. The van der Waals surface area contributed by atoms with Gasteiger partial charge >= 0.3 is 5.97 Å². The molecular formula is C16H16Cl2N2O3S. The van der Waals surface area contributed by atoms with Crippen LogP contribution in [0.2, 0.25) is 10.0 Å². The minimum atomic E-state index is -0.463. The number of halogens is 2. The Kier molecular flexibility index (Phi) is 7.36. The van der Waals surface area contributed by atoms with Crippen LogP contribution in [0.15, 0.2) is 40.9 Å². The molecule has 0 atom stereocenters. The summed E-state index contributed by atoms with van der Waals surface area (Å²) in [7, 11) is 0. The van der Waals surface area contributed by atoms with Crippen molar-refractivity contribution in [1.29, 1.82) is 0 Å². The maximum Gasteiger partial charge on any atom is 0.335 e. The third-order valence-corrected chi connectivity index (χ3v) is 4.28. The normalized spacial score (nSPS) is 11.3. The first-order chi connectivity index (χ1) is 11.5. The number of amidine groups is 1. The number of nitrogens with zero attached hydrogens (tertiary/aromatic N) is 1. The molecule has 128 valence electrons. The van der Waals surface area contributed by atoms with Crippen molar-refractivity contribution in [2.45, 2.75) is 19.3 Å². The van der Waals surface area contributed by atoms with E-state index in [1.54, 1.807) is 29.5 Å². The summed E-state index contributed by atoms with van der Waals surface area (Å²) in [5, 5.41) is 6.54. The van der Waals surface area contributed by atoms with E-state index in [9.17, 15) is 4.79 Å². The Morgan fingerprint density at radius 3 is 2.83 bits per heavy atom. The fourth-order valence-electron chi connectivity index (χ4n) is 1.77. The Morgan fingerprint density at radius 2 is 2.12 bits per heavy atom. The number of nitrogens with two attached hydrogens (primary N) is 1. The van der Waals surface area contributed by atoms with E-state index in [-0.39, 0.29) is 12.3 Å².